The maximum atomic E-state index is 12.8. The Kier molecular flexibility index (Phi) is 5.81. The summed E-state index contributed by atoms with van der Waals surface area (Å²) in [6.45, 7) is 0.416. The molecule has 0 radical (unpaired) electrons. The molecule has 0 spiro atoms. The van der Waals surface area contributed by atoms with E-state index in [1.165, 1.54) is 4.90 Å². The zero-order chi connectivity index (χ0) is 18.7. The van der Waals surface area contributed by atoms with E-state index in [4.69, 9.17) is 23.2 Å². The molecule has 2 amide bonds. The minimum absolute atomic E-state index is 0.100. The highest BCUT2D eigenvalue weighted by Crippen LogP contribution is 2.24. The molecule has 1 fully saturated rings. The molecule has 2 atom stereocenters. The Bertz CT molecular complexity index is 811. The van der Waals surface area contributed by atoms with Gasteiger partial charge in [0.15, 0.2) is 0 Å². The number of benzene rings is 2. The van der Waals surface area contributed by atoms with E-state index in [2.05, 4.69) is 5.32 Å². The van der Waals surface area contributed by atoms with E-state index in [0.29, 0.717) is 22.2 Å². The molecular weight excluding hydrogens is 375 g/mol. The molecule has 0 aliphatic carbocycles. The molecule has 1 aliphatic heterocycles. The molecule has 0 saturated carbocycles. The molecule has 0 aromatic heterocycles. The second-order valence-electron chi connectivity index (χ2n) is 6.19. The van der Waals surface area contributed by atoms with Crippen molar-refractivity contribution in [2.45, 2.75) is 25.1 Å². The second kappa shape index (κ2) is 8.08. The topological polar surface area (TPSA) is 69.6 Å². The summed E-state index contributed by atoms with van der Waals surface area (Å²) in [4.78, 5) is 26.7. The van der Waals surface area contributed by atoms with Crippen LogP contribution in [0.1, 0.15) is 22.3 Å². The number of hydrogen-bond acceptors (Lipinski definition) is 3. The summed E-state index contributed by atoms with van der Waals surface area (Å²) in [6.07, 6.45) is -0.546. The van der Waals surface area contributed by atoms with Crippen LogP contribution in [0.15, 0.2) is 48.5 Å². The number of nitrogens with one attached hydrogen (secondary N) is 1. The minimum Gasteiger partial charge on any atom is -0.391 e. The number of aliphatic hydroxyl groups excluding tert-OH is 1. The minimum atomic E-state index is -0.743. The molecule has 1 saturated heterocycles. The third-order valence-electron chi connectivity index (χ3n) is 4.33. The summed E-state index contributed by atoms with van der Waals surface area (Å²) in [5, 5.41) is 13.7. The molecule has 0 bridgehead atoms. The molecule has 1 heterocycles. The monoisotopic (exact) mass is 392 g/mol. The SMILES string of the molecule is O=C(NCc1ccc(Cl)cc1)C1CC(O)CN1C(=O)c1ccccc1Cl. The van der Waals surface area contributed by atoms with Crippen LogP contribution in [0.3, 0.4) is 0 Å². The summed E-state index contributed by atoms with van der Waals surface area (Å²) < 4.78 is 0. The van der Waals surface area contributed by atoms with Gasteiger partial charge < -0.3 is 15.3 Å². The van der Waals surface area contributed by atoms with Crippen LogP contribution >= 0.6 is 23.2 Å². The summed E-state index contributed by atoms with van der Waals surface area (Å²) in [5.41, 5.74) is 1.21. The first-order chi connectivity index (χ1) is 12.5. The van der Waals surface area contributed by atoms with Gasteiger partial charge in [0.1, 0.15) is 6.04 Å². The molecule has 5 nitrogen and oxygen atoms in total. The average Bonchev–Trinajstić information content (AvgIpc) is 3.03. The fourth-order valence-corrected chi connectivity index (χ4v) is 3.33. The van der Waals surface area contributed by atoms with Gasteiger partial charge in [-0.25, -0.2) is 0 Å². The lowest BCUT2D eigenvalue weighted by molar-refractivity contribution is -0.125. The standard InChI is InChI=1S/C19H18Cl2N2O3/c20-13-7-5-12(6-8-13)10-22-18(25)17-9-14(24)11-23(17)19(26)15-3-1-2-4-16(15)21/h1-8,14,17,24H,9-11H2,(H,22,25). The second-order valence-corrected chi connectivity index (χ2v) is 7.03. The number of hydrogen-bond donors (Lipinski definition) is 2. The van der Waals surface area contributed by atoms with Crippen LogP contribution in [0, 0.1) is 0 Å². The van der Waals surface area contributed by atoms with E-state index in [9.17, 15) is 14.7 Å². The van der Waals surface area contributed by atoms with Crippen molar-refractivity contribution < 1.29 is 14.7 Å². The zero-order valence-corrected chi connectivity index (χ0v) is 15.4. The van der Waals surface area contributed by atoms with Gasteiger partial charge in [-0.2, -0.15) is 0 Å². The molecular formula is C19H18Cl2N2O3. The number of aliphatic hydroxyl groups is 1. The van der Waals surface area contributed by atoms with Gasteiger partial charge in [-0.15, -0.1) is 0 Å². The van der Waals surface area contributed by atoms with Gasteiger partial charge in [0.25, 0.3) is 5.91 Å². The van der Waals surface area contributed by atoms with Crippen molar-refractivity contribution in [2.75, 3.05) is 6.54 Å². The lowest BCUT2D eigenvalue weighted by Gasteiger charge is -2.24. The number of halogens is 2. The lowest BCUT2D eigenvalue weighted by atomic mass is 10.1. The smallest absolute Gasteiger partial charge is 0.256 e. The van der Waals surface area contributed by atoms with Gasteiger partial charge in [-0.3, -0.25) is 9.59 Å². The van der Waals surface area contributed by atoms with Crippen LogP contribution in [-0.2, 0) is 11.3 Å². The van der Waals surface area contributed by atoms with Gasteiger partial charge in [-0.1, -0.05) is 47.5 Å². The number of carbonyl (C=O) groups is 2. The molecule has 2 aromatic rings. The first-order valence-corrected chi connectivity index (χ1v) is 8.97. The zero-order valence-electron chi connectivity index (χ0n) is 13.9. The van der Waals surface area contributed by atoms with Crippen molar-refractivity contribution in [3.8, 4) is 0 Å². The largest absolute Gasteiger partial charge is 0.391 e. The van der Waals surface area contributed by atoms with Crippen molar-refractivity contribution in [3.05, 3.63) is 69.7 Å². The summed E-state index contributed by atoms with van der Waals surface area (Å²) in [5.74, 6) is -0.671. The van der Waals surface area contributed by atoms with Gasteiger partial charge in [0.2, 0.25) is 5.91 Å². The molecule has 7 heteroatoms. The Hall–Kier alpha value is -2.08. The molecule has 3 rings (SSSR count). The molecule has 2 aromatic carbocycles. The average molecular weight is 393 g/mol. The first kappa shape index (κ1) is 18.7. The van der Waals surface area contributed by atoms with Gasteiger partial charge in [-0.05, 0) is 29.8 Å². The van der Waals surface area contributed by atoms with Crippen LogP contribution in [0.25, 0.3) is 0 Å². The van der Waals surface area contributed by atoms with E-state index in [1.54, 1.807) is 36.4 Å². The third-order valence-corrected chi connectivity index (χ3v) is 4.91. The Morgan fingerprint density at radius 3 is 2.50 bits per heavy atom. The summed E-state index contributed by atoms with van der Waals surface area (Å²) in [6, 6.07) is 13.1. The molecule has 2 N–H and O–H groups in total. The van der Waals surface area contributed by atoms with E-state index < -0.39 is 12.1 Å². The van der Waals surface area contributed by atoms with E-state index >= 15 is 0 Å². The number of rotatable bonds is 4. The fourth-order valence-electron chi connectivity index (χ4n) is 2.99. The Morgan fingerprint density at radius 2 is 1.81 bits per heavy atom. The van der Waals surface area contributed by atoms with Gasteiger partial charge >= 0.3 is 0 Å². The third kappa shape index (κ3) is 4.18. The number of likely N-dealkylation sites (tertiary alicyclic amines) is 1. The van der Waals surface area contributed by atoms with Crippen molar-refractivity contribution in [1.82, 2.24) is 10.2 Å². The highest BCUT2D eigenvalue weighted by Gasteiger charge is 2.39. The first-order valence-electron chi connectivity index (χ1n) is 8.21. The van der Waals surface area contributed by atoms with Crippen molar-refractivity contribution in [3.63, 3.8) is 0 Å². The Morgan fingerprint density at radius 1 is 1.12 bits per heavy atom. The normalized spacial score (nSPS) is 19.4. The van der Waals surface area contributed by atoms with E-state index in [-0.39, 0.29) is 24.8 Å². The molecule has 136 valence electrons. The molecule has 26 heavy (non-hydrogen) atoms. The summed E-state index contributed by atoms with van der Waals surface area (Å²) in [7, 11) is 0. The predicted octanol–water partition coefficient (Wildman–Crippen LogP) is 2.89. The van der Waals surface area contributed by atoms with Crippen LogP contribution in [0.5, 0.6) is 0 Å². The predicted molar refractivity (Wildman–Crippen MR) is 100 cm³/mol. The fraction of sp³-hybridized carbons (Fsp3) is 0.263. The Labute approximate surface area is 161 Å². The van der Waals surface area contributed by atoms with Crippen molar-refractivity contribution in [2.24, 2.45) is 0 Å². The van der Waals surface area contributed by atoms with Crippen LogP contribution < -0.4 is 5.32 Å². The van der Waals surface area contributed by atoms with E-state index in [0.717, 1.165) is 5.56 Å². The van der Waals surface area contributed by atoms with Gasteiger partial charge in [0.05, 0.1) is 16.7 Å². The van der Waals surface area contributed by atoms with Crippen molar-refractivity contribution >= 4 is 35.0 Å². The number of carbonyl (C=O) groups excluding carboxylic acids is 2. The number of amides is 2. The quantitative estimate of drug-likeness (QED) is 0.840. The molecule has 2 unspecified atom stereocenters. The Balaban J connectivity index is 1.70. The van der Waals surface area contributed by atoms with Gasteiger partial charge in [0, 0.05) is 24.5 Å². The molecule has 1 aliphatic rings. The van der Waals surface area contributed by atoms with Crippen LogP contribution in [-0.4, -0.2) is 40.5 Å². The van der Waals surface area contributed by atoms with Crippen LogP contribution in [0.2, 0.25) is 10.0 Å². The highest BCUT2D eigenvalue weighted by atomic mass is 35.5. The van der Waals surface area contributed by atoms with Crippen LogP contribution in [0.4, 0.5) is 0 Å². The van der Waals surface area contributed by atoms with E-state index in [1.807, 2.05) is 12.1 Å². The highest BCUT2D eigenvalue weighted by molar-refractivity contribution is 6.33. The maximum Gasteiger partial charge on any atom is 0.256 e. The summed E-state index contributed by atoms with van der Waals surface area (Å²) >= 11 is 11.9. The maximum absolute atomic E-state index is 12.8. The lowest BCUT2D eigenvalue weighted by Crippen LogP contribution is -2.45. The number of nitrogens with zero attached hydrogens (tertiary/aromatic N) is 1. The van der Waals surface area contributed by atoms with Crippen molar-refractivity contribution in [1.29, 1.82) is 0 Å². The number of β-amino-alcohol motifs (C(OH)–C–C–N with tert-alkyl or cyclic N) is 1.